The highest BCUT2D eigenvalue weighted by Crippen LogP contribution is 2.38. The molecular weight excluding hydrogens is 306 g/mol. The Hall–Kier alpha value is -1.19. The molecule has 92 valence electrons. The molecule has 0 unspecified atom stereocenters. The average molecular weight is 320 g/mol. The maximum Gasteiger partial charge on any atom is 0.0522 e. The maximum atomic E-state index is 5.96. The molecule has 2 aromatic carbocycles. The Morgan fingerprint density at radius 1 is 1.11 bits per heavy atom. The van der Waals surface area contributed by atoms with E-state index in [1.807, 2.05) is 42.5 Å². The molecule has 2 aromatic rings. The summed E-state index contributed by atoms with van der Waals surface area (Å²) in [5.41, 5.74) is 8.00. The Balaban J connectivity index is 2.22. The van der Waals surface area contributed by atoms with Gasteiger partial charge in [-0.1, -0.05) is 46.3 Å². The SMILES string of the molecule is C=C[C@@H](Sc1ccccc1N)c1ccc(Br)cc1. The summed E-state index contributed by atoms with van der Waals surface area (Å²) < 4.78 is 1.08. The molecule has 0 amide bonds. The van der Waals surface area contributed by atoms with E-state index in [1.54, 1.807) is 11.8 Å². The molecule has 1 nitrogen and oxygen atoms in total. The number of hydrogen-bond donors (Lipinski definition) is 1. The number of nitrogen functional groups attached to an aromatic ring is 1. The molecule has 0 aromatic heterocycles. The molecule has 0 aliphatic carbocycles. The Morgan fingerprint density at radius 2 is 1.78 bits per heavy atom. The van der Waals surface area contributed by atoms with Crippen LogP contribution in [0.5, 0.6) is 0 Å². The summed E-state index contributed by atoms with van der Waals surface area (Å²) in [5, 5.41) is 0.211. The van der Waals surface area contributed by atoms with Crippen LogP contribution in [0.15, 0.2) is 70.6 Å². The number of para-hydroxylation sites is 1. The van der Waals surface area contributed by atoms with Crippen molar-refractivity contribution in [2.75, 3.05) is 5.73 Å². The van der Waals surface area contributed by atoms with E-state index in [9.17, 15) is 0 Å². The Bertz CT molecular complexity index is 536. The number of thioether (sulfide) groups is 1. The van der Waals surface area contributed by atoms with Crippen molar-refractivity contribution in [1.82, 2.24) is 0 Å². The van der Waals surface area contributed by atoms with Gasteiger partial charge in [0.2, 0.25) is 0 Å². The van der Waals surface area contributed by atoms with Crippen LogP contribution < -0.4 is 5.73 Å². The van der Waals surface area contributed by atoms with Crippen LogP contribution in [0.1, 0.15) is 10.8 Å². The Morgan fingerprint density at radius 3 is 2.39 bits per heavy atom. The van der Waals surface area contributed by atoms with E-state index in [1.165, 1.54) is 5.56 Å². The summed E-state index contributed by atoms with van der Waals surface area (Å²) in [5.74, 6) is 0. The highest BCUT2D eigenvalue weighted by atomic mass is 79.9. The van der Waals surface area contributed by atoms with Crippen LogP contribution in [-0.2, 0) is 0 Å². The normalized spacial score (nSPS) is 12.1. The number of halogens is 1. The lowest BCUT2D eigenvalue weighted by atomic mass is 10.1. The number of nitrogens with two attached hydrogens (primary N) is 1. The van der Waals surface area contributed by atoms with E-state index in [2.05, 4.69) is 34.6 Å². The largest absolute Gasteiger partial charge is 0.398 e. The lowest BCUT2D eigenvalue weighted by Gasteiger charge is -2.14. The fraction of sp³-hybridized carbons (Fsp3) is 0.0667. The van der Waals surface area contributed by atoms with Crippen LogP contribution in [0.2, 0.25) is 0 Å². The topological polar surface area (TPSA) is 26.0 Å². The van der Waals surface area contributed by atoms with E-state index in [-0.39, 0.29) is 5.25 Å². The van der Waals surface area contributed by atoms with Gasteiger partial charge in [0.05, 0.1) is 5.25 Å². The zero-order valence-corrected chi connectivity index (χ0v) is 12.2. The third-order valence-corrected chi connectivity index (χ3v) is 4.46. The average Bonchev–Trinajstić information content (AvgIpc) is 2.39. The third-order valence-electron chi connectivity index (χ3n) is 2.59. The van der Waals surface area contributed by atoms with Crippen molar-refractivity contribution in [1.29, 1.82) is 0 Å². The van der Waals surface area contributed by atoms with Gasteiger partial charge in [0.1, 0.15) is 0 Å². The minimum Gasteiger partial charge on any atom is -0.398 e. The Kier molecular flexibility index (Phi) is 4.50. The number of anilines is 1. The van der Waals surface area contributed by atoms with Crippen molar-refractivity contribution in [2.45, 2.75) is 10.1 Å². The third kappa shape index (κ3) is 3.18. The van der Waals surface area contributed by atoms with E-state index < -0.39 is 0 Å². The van der Waals surface area contributed by atoms with Gasteiger partial charge in [-0.15, -0.1) is 18.3 Å². The maximum absolute atomic E-state index is 5.96. The molecule has 2 N–H and O–H groups in total. The predicted molar refractivity (Wildman–Crippen MR) is 83.8 cm³/mol. The molecule has 0 heterocycles. The standard InChI is InChI=1S/C15H14BrNS/c1-2-14(11-7-9-12(16)10-8-11)18-15-6-4-3-5-13(15)17/h2-10,14H,1,17H2/t14-/m1/s1. The van der Waals surface area contributed by atoms with Gasteiger partial charge in [-0.25, -0.2) is 0 Å². The summed E-state index contributed by atoms with van der Waals surface area (Å²) in [6, 6.07) is 16.2. The van der Waals surface area contributed by atoms with Crippen molar-refractivity contribution in [3.8, 4) is 0 Å². The number of benzene rings is 2. The van der Waals surface area contributed by atoms with Gasteiger partial charge in [0.15, 0.2) is 0 Å². The van der Waals surface area contributed by atoms with Crippen molar-refractivity contribution in [2.24, 2.45) is 0 Å². The smallest absolute Gasteiger partial charge is 0.0522 e. The Labute approximate surface area is 120 Å². The lowest BCUT2D eigenvalue weighted by Crippen LogP contribution is -1.92. The number of rotatable bonds is 4. The highest BCUT2D eigenvalue weighted by molar-refractivity contribution is 9.10. The first-order chi connectivity index (χ1) is 8.70. The van der Waals surface area contributed by atoms with Crippen molar-refractivity contribution in [3.05, 3.63) is 71.2 Å². The summed E-state index contributed by atoms with van der Waals surface area (Å²) in [6.45, 7) is 3.91. The van der Waals surface area contributed by atoms with Gasteiger partial charge in [-0.3, -0.25) is 0 Å². The van der Waals surface area contributed by atoms with Gasteiger partial charge in [-0.05, 0) is 29.8 Å². The van der Waals surface area contributed by atoms with E-state index in [4.69, 9.17) is 5.73 Å². The lowest BCUT2D eigenvalue weighted by molar-refractivity contribution is 1.22. The second-order valence-corrected chi connectivity index (χ2v) is 5.96. The number of hydrogen-bond acceptors (Lipinski definition) is 2. The molecule has 0 saturated carbocycles. The molecular formula is C15H14BrNS. The van der Waals surface area contributed by atoms with Gasteiger partial charge in [0.25, 0.3) is 0 Å². The predicted octanol–water partition coefficient (Wildman–Crippen LogP) is 5.05. The summed E-state index contributed by atoms with van der Waals surface area (Å²) >= 11 is 5.16. The van der Waals surface area contributed by atoms with Crippen LogP contribution in [0.3, 0.4) is 0 Å². The molecule has 0 spiro atoms. The van der Waals surface area contributed by atoms with Crippen LogP contribution in [0, 0.1) is 0 Å². The summed E-state index contributed by atoms with van der Waals surface area (Å²) in [4.78, 5) is 1.09. The minimum atomic E-state index is 0.211. The zero-order valence-electron chi connectivity index (χ0n) is 9.84. The van der Waals surface area contributed by atoms with Gasteiger partial charge >= 0.3 is 0 Å². The first-order valence-corrected chi connectivity index (χ1v) is 7.27. The molecule has 0 saturated heterocycles. The van der Waals surface area contributed by atoms with E-state index >= 15 is 0 Å². The van der Waals surface area contributed by atoms with Crippen LogP contribution in [0.25, 0.3) is 0 Å². The van der Waals surface area contributed by atoms with Gasteiger partial charge in [-0.2, -0.15) is 0 Å². The molecule has 3 heteroatoms. The first kappa shape index (κ1) is 13.2. The molecule has 2 rings (SSSR count). The fourth-order valence-electron chi connectivity index (χ4n) is 1.63. The fourth-order valence-corrected chi connectivity index (χ4v) is 2.92. The van der Waals surface area contributed by atoms with Crippen molar-refractivity contribution in [3.63, 3.8) is 0 Å². The molecule has 0 radical (unpaired) electrons. The van der Waals surface area contributed by atoms with Crippen molar-refractivity contribution < 1.29 is 0 Å². The van der Waals surface area contributed by atoms with E-state index in [0.29, 0.717) is 0 Å². The van der Waals surface area contributed by atoms with Gasteiger partial charge < -0.3 is 5.73 Å². The molecule has 0 aliphatic rings. The van der Waals surface area contributed by atoms with Crippen LogP contribution in [-0.4, -0.2) is 0 Å². The highest BCUT2D eigenvalue weighted by Gasteiger charge is 2.10. The van der Waals surface area contributed by atoms with Crippen LogP contribution in [0.4, 0.5) is 5.69 Å². The first-order valence-electron chi connectivity index (χ1n) is 5.60. The van der Waals surface area contributed by atoms with Crippen molar-refractivity contribution >= 4 is 33.4 Å². The molecule has 0 bridgehead atoms. The van der Waals surface area contributed by atoms with Gasteiger partial charge in [0, 0.05) is 15.1 Å². The molecule has 0 fully saturated rings. The molecule has 0 aliphatic heterocycles. The molecule has 18 heavy (non-hydrogen) atoms. The quantitative estimate of drug-likeness (QED) is 0.484. The second kappa shape index (κ2) is 6.12. The van der Waals surface area contributed by atoms with E-state index in [0.717, 1.165) is 15.1 Å². The second-order valence-electron chi connectivity index (χ2n) is 3.86. The van der Waals surface area contributed by atoms with Crippen LogP contribution >= 0.6 is 27.7 Å². The molecule has 1 atom stereocenters. The summed E-state index contributed by atoms with van der Waals surface area (Å²) in [7, 11) is 0. The summed E-state index contributed by atoms with van der Waals surface area (Å²) in [6.07, 6.45) is 1.94. The monoisotopic (exact) mass is 319 g/mol. The zero-order chi connectivity index (χ0) is 13.0. The minimum absolute atomic E-state index is 0.211.